The summed E-state index contributed by atoms with van der Waals surface area (Å²) in [6.07, 6.45) is -0.00213. The summed E-state index contributed by atoms with van der Waals surface area (Å²) >= 11 is 0. The Hall–Kier alpha value is -1.82. The lowest BCUT2D eigenvalue weighted by molar-refractivity contribution is -0.386. The molecule has 0 bridgehead atoms. The van der Waals surface area contributed by atoms with E-state index in [1.54, 1.807) is 6.07 Å². The van der Waals surface area contributed by atoms with Gasteiger partial charge in [0.25, 0.3) is 5.69 Å². The molecule has 0 radical (unpaired) electrons. The minimum atomic E-state index is -0.457. The van der Waals surface area contributed by atoms with E-state index >= 15 is 0 Å². The number of nitro groups is 1. The molecule has 0 aliphatic heterocycles. The fourth-order valence-electron chi connectivity index (χ4n) is 1.45. The van der Waals surface area contributed by atoms with Gasteiger partial charge in [0, 0.05) is 0 Å². The first kappa shape index (κ1) is 14.2. The zero-order chi connectivity index (χ0) is 13.7. The predicted molar refractivity (Wildman–Crippen MR) is 66.1 cm³/mol. The van der Waals surface area contributed by atoms with Gasteiger partial charge in [0.05, 0.1) is 43.5 Å². The summed E-state index contributed by atoms with van der Waals surface area (Å²) < 4.78 is 15.5. The average Bonchev–Trinajstić information content (AvgIpc) is 2.34. The zero-order valence-corrected chi connectivity index (χ0v) is 10.9. The smallest absolute Gasteiger partial charge is 0.278 e. The maximum Gasteiger partial charge on any atom is 0.278 e. The van der Waals surface area contributed by atoms with Gasteiger partial charge in [-0.2, -0.15) is 0 Å². The first-order chi connectivity index (χ1) is 8.49. The van der Waals surface area contributed by atoms with Gasteiger partial charge < -0.3 is 14.2 Å². The van der Waals surface area contributed by atoms with Crippen LogP contribution in [0.4, 0.5) is 5.69 Å². The Morgan fingerprint density at radius 3 is 2.22 bits per heavy atom. The van der Waals surface area contributed by atoms with Gasteiger partial charge in [-0.15, -0.1) is 0 Å². The van der Waals surface area contributed by atoms with Crippen LogP contribution < -0.4 is 9.47 Å². The van der Waals surface area contributed by atoms with Gasteiger partial charge in [-0.3, -0.25) is 10.1 Å². The number of methoxy groups -OCH3 is 2. The zero-order valence-electron chi connectivity index (χ0n) is 10.9. The van der Waals surface area contributed by atoms with E-state index < -0.39 is 4.92 Å². The monoisotopic (exact) mass is 255 g/mol. The van der Waals surface area contributed by atoms with Crippen molar-refractivity contribution in [2.45, 2.75) is 26.6 Å². The van der Waals surface area contributed by atoms with Crippen LogP contribution in [-0.4, -0.2) is 25.2 Å². The third-order valence-corrected chi connectivity index (χ3v) is 2.35. The number of nitro benzene ring substituents is 1. The van der Waals surface area contributed by atoms with Crippen LogP contribution >= 0.6 is 0 Å². The van der Waals surface area contributed by atoms with Crippen LogP contribution in [0.15, 0.2) is 12.1 Å². The van der Waals surface area contributed by atoms with Crippen molar-refractivity contribution in [2.75, 3.05) is 14.2 Å². The molecule has 100 valence electrons. The maximum absolute atomic E-state index is 11.0. The second-order valence-electron chi connectivity index (χ2n) is 3.95. The summed E-state index contributed by atoms with van der Waals surface area (Å²) in [5.74, 6) is 0.781. The van der Waals surface area contributed by atoms with Crippen LogP contribution in [0.5, 0.6) is 11.5 Å². The van der Waals surface area contributed by atoms with E-state index in [4.69, 9.17) is 14.2 Å². The van der Waals surface area contributed by atoms with Gasteiger partial charge in [-0.1, -0.05) is 0 Å². The van der Waals surface area contributed by atoms with E-state index in [1.807, 2.05) is 13.8 Å². The molecule has 1 aromatic carbocycles. The molecule has 0 unspecified atom stereocenters. The van der Waals surface area contributed by atoms with Crippen LogP contribution in [0, 0.1) is 10.1 Å². The summed E-state index contributed by atoms with van der Waals surface area (Å²) in [6.45, 7) is 3.90. The maximum atomic E-state index is 11.0. The van der Waals surface area contributed by atoms with Crippen molar-refractivity contribution in [2.24, 2.45) is 0 Å². The van der Waals surface area contributed by atoms with Crippen LogP contribution in [0.1, 0.15) is 19.4 Å². The molecule has 0 saturated heterocycles. The lowest BCUT2D eigenvalue weighted by Gasteiger charge is -2.12. The standard InChI is InChI=1S/C12H17NO5/c1-8(2)18-7-9-5-11(16-3)12(17-4)6-10(9)13(14)15/h5-6,8H,7H2,1-4H3. The number of hydrogen-bond donors (Lipinski definition) is 0. The Morgan fingerprint density at radius 1 is 1.22 bits per heavy atom. The number of hydrogen-bond acceptors (Lipinski definition) is 5. The number of ether oxygens (including phenoxy) is 3. The van der Waals surface area contributed by atoms with Crippen LogP contribution in [-0.2, 0) is 11.3 Å². The van der Waals surface area contributed by atoms with E-state index in [0.717, 1.165) is 0 Å². The highest BCUT2D eigenvalue weighted by atomic mass is 16.6. The van der Waals surface area contributed by atoms with Gasteiger partial charge in [-0.05, 0) is 19.9 Å². The Morgan fingerprint density at radius 2 is 1.78 bits per heavy atom. The van der Waals surface area contributed by atoms with Gasteiger partial charge >= 0.3 is 0 Å². The summed E-state index contributed by atoms with van der Waals surface area (Å²) in [5, 5.41) is 11.0. The molecule has 6 heteroatoms. The molecule has 0 heterocycles. The lowest BCUT2D eigenvalue weighted by Crippen LogP contribution is -2.05. The summed E-state index contributed by atoms with van der Waals surface area (Å²) in [6, 6.07) is 2.91. The van der Waals surface area contributed by atoms with Crippen LogP contribution in [0.25, 0.3) is 0 Å². The predicted octanol–water partition coefficient (Wildman–Crippen LogP) is 2.54. The highest BCUT2D eigenvalue weighted by molar-refractivity contribution is 5.54. The Bertz CT molecular complexity index is 431. The quantitative estimate of drug-likeness (QED) is 0.577. The average molecular weight is 255 g/mol. The largest absolute Gasteiger partial charge is 0.493 e. The van der Waals surface area contributed by atoms with Crippen molar-refractivity contribution in [3.63, 3.8) is 0 Å². The van der Waals surface area contributed by atoms with Crippen molar-refractivity contribution >= 4 is 5.69 Å². The van der Waals surface area contributed by atoms with Crippen LogP contribution in [0.2, 0.25) is 0 Å². The van der Waals surface area contributed by atoms with Gasteiger partial charge in [-0.25, -0.2) is 0 Å². The second-order valence-corrected chi connectivity index (χ2v) is 3.95. The first-order valence-electron chi connectivity index (χ1n) is 5.50. The highest BCUT2D eigenvalue weighted by Crippen LogP contribution is 2.34. The molecule has 0 aliphatic carbocycles. The number of nitrogens with zero attached hydrogens (tertiary/aromatic N) is 1. The molecule has 18 heavy (non-hydrogen) atoms. The molecule has 1 aromatic rings. The van der Waals surface area contributed by atoms with Crippen molar-refractivity contribution in [3.8, 4) is 11.5 Å². The molecule has 0 amide bonds. The SMILES string of the molecule is COc1cc(COC(C)C)c([N+](=O)[O-])cc1OC. The van der Waals surface area contributed by atoms with Crippen molar-refractivity contribution in [1.82, 2.24) is 0 Å². The van der Waals surface area contributed by atoms with Crippen LogP contribution in [0.3, 0.4) is 0 Å². The van der Waals surface area contributed by atoms with Crippen molar-refractivity contribution in [3.05, 3.63) is 27.8 Å². The van der Waals surface area contributed by atoms with Crippen molar-refractivity contribution in [1.29, 1.82) is 0 Å². The van der Waals surface area contributed by atoms with E-state index in [-0.39, 0.29) is 18.4 Å². The van der Waals surface area contributed by atoms with E-state index in [9.17, 15) is 10.1 Å². The fraction of sp³-hybridized carbons (Fsp3) is 0.500. The summed E-state index contributed by atoms with van der Waals surface area (Å²) in [5.41, 5.74) is 0.430. The normalized spacial score (nSPS) is 10.5. The number of benzene rings is 1. The minimum absolute atomic E-state index is 0.00213. The molecule has 0 spiro atoms. The van der Waals surface area contributed by atoms with Gasteiger partial charge in [0.1, 0.15) is 0 Å². The van der Waals surface area contributed by atoms with E-state index in [2.05, 4.69) is 0 Å². The summed E-state index contributed by atoms with van der Waals surface area (Å²) in [7, 11) is 2.92. The molecule has 6 nitrogen and oxygen atoms in total. The molecule has 0 aliphatic rings. The highest BCUT2D eigenvalue weighted by Gasteiger charge is 2.19. The topological polar surface area (TPSA) is 70.8 Å². The first-order valence-corrected chi connectivity index (χ1v) is 5.50. The third-order valence-electron chi connectivity index (χ3n) is 2.35. The van der Waals surface area contributed by atoms with Gasteiger partial charge in [0.15, 0.2) is 11.5 Å². The molecular formula is C12H17NO5. The molecule has 0 fully saturated rings. The molecule has 0 atom stereocenters. The molecule has 0 N–H and O–H groups in total. The third kappa shape index (κ3) is 3.33. The minimum Gasteiger partial charge on any atom is -0.493 e. The lowest BCUT2D eigenvalue weighted by atomic mass is 10.1. The Balaban J connectivity index is 3.16. The molecule has 0 saturated carbocycles. The van der Waals surface area contributed by atoms with Gasteiger partial charge in [0.2, 0.25) is 0 Å². The fourth-order valence-corrected chi connectivity index (χ4v) is 1.45. The van der Waals surface area contributed by atoms with Crippen molar-refractivity contribution < 1.29 is 19.1 Å². The Kier molecular flexibility index (Phi) is 4.91. The van der Waals surface area contributed by atoms with E-state index in [1.165, 1.54) is 20.3 Å². The Labute approximate surface area is 106 Å². The van der Waals surface area contributed by atoms with E-state index in [0.29, 0.717) is 17.1 Å². The number of rotatable bonds is 6. The molecular weight excluding hydrogens is 238 g/mol. The summed E-state index contributed by atoms with van der Waals surface area (Å²) in [4.78, 5) is 10.5. The molecule has 1 rings (SSSR count). The molecule has 0 aromatic heterocycles. The second kappa shape index (κ2) is 6.20.